The molecular formula is C18H21FN2. The van der Waals surface area contributed by atoms with Crippen LogP contribution in [-0.2, 0) is 13.0 Å². The second-order valence-corrected chi connectivity index (χ2v) is 5.59. The summed E-state index contributed by atoms with van der Waals surface area (Å²) >= 11 is 0. The first kappa shape index (κ1) is 14.1. The number of hydrogen-bond acceptors (Lipinski definition) is 2. The van der Waals surface area contributed by atoms with E-state index in [4.69, 9.17) is 0 Å². The Morgan fingerprint density at radius 1 is 1.05 bits per heavy atom. The van der Waals surface area contributed by atoms with Crippen molar-refractivity contribution in [3.05, 3.63) is 65.5 Å². The Morgan fingerprint density at radius 3 is 2.76 bits per heavy atom. The van der Waals surface area contributed by atoms with E-state index >= 15 is 0 Å². The summed E-state index contributed by atoms with van der Waals surface area (Å²) in [5.41, 5.74) is 3.78. The fraction of sp³-hybridized carbons (Fsp3) is 0.333. The molecule has 2 aromatic rings. The van der Waals surface area contributed by atoms with E-state index in [9.17, 15) is 4.39 Å². The van der Waals surface area contributed by atoms with E-state index in [2.05, 4.69) is 34.5 Å². The number of hydrogen-bond donors (Lipinski definition) is 1. The van der Waals surface area contributed by atoms with Gasteiger partial charge in [0.2, 0.25) is 0 Å². The summed E-state index contributed by atoms with van der Waals surface area (Å²) in [4.78, 5) is 2.47. The molecule has 1 heterocycles. The fourth-order valence-corrected chi connectivity index (χ4v) is 2.92. The number of anilines is 1. The normalized spacial score (nSPS) is 15.3. The maximum Gasteiger partial charge on any atom is 0.125 e. The highest BCUT2D eigenvalue weighted by Gasteiger charge is 2.13. The molecule has 0 unspecified atom stereocenters. The van der Waals surface area contributed by atoms with Crippen LogP contribution in [0.5, 0.6) is 0 Å². The molecule has 21 heavy (non-hydrogen) atoms. The van der Waals surface area contributed by atoms with Crippen molar-refractivity contribution in [1.29, 1.82) is 0 Å². The van der Waals surface area contributed by atoms with Gasteiger partial charge in [0, 0.05) is 25.3 Å². The molecule has 0 amide bonds. The monoisotopic (exact) mass is 284 g/mol. The first-order chi connectivity index (χ1) is 10.3. The molecule has 3 rings (SSSR count). The van der Waals surface area contributed by atoms with Crippen LogP contribution in [0.15, 0.2) is 48.5 Å². The predicted molar refractivity (Wildman–Crippen MR) is 84.9 cm³/mol. The number of fused-ring (bicyclic) bond motifs is 1. The van der Waals surface area contributed by atoms with Crippen LogP contribution in [0.2, 0.25) is 0 Å². The number of halogens is 1. The standard InChI is InChI=1S/C18H21FN2/c19-17-8-3-9-18(13-17)20-10-12-21-11-4-7-15-5-1-2-6-16(15)14-21/h1-3,5-6,8-9,13,20H,4,7,10-12,14H2. The maximum absolute atomic E-state index is 13.1. The molecule has 0 aromatic heterocycles. The summed E-state index contributed by atoms with van der Waals surface area (Å²) < 4.78 is 13.1. The van der Waals surface area contributed by atoms with Gasteiger partial charge in [-0.1, -0.05) is 30.3 Å². The molecule has 1 N–H and O–H groups in total. The van der Waals surface area contributed by atoms with Crippen molar-refractivity contribution in [1.82, 2.24) is 4.90 Å². The van der Waals surface area contributed by atoms with Crippen LogP contribution in [-0.4, -0.2) is 24.5 Å². The Morgan fingerprint density at radius 2 is 1.90 bits per heavy atom. The van der Waals surface area contributed by atoms with Gasteiger partial charge in [-0.15, -0.1) is 0 Å². The Kier molecular flexibility index (Phi) is 4.51. The van der Waals surface area contributed by atoms with E-state index in [1.54, 1.807) is 6.07 Å². The SMILES string of the molecule is Fc1cccc(NCCN2CCCc3ccccc3C2)c1. The lowest BCUT2D eigenvalue weighted by molar-refractivity contribution is 0.280. The van der Waals surface area contributed by atoms with Crippen LogP contribution in [0.3, 0.4) is 0 Å². The van der Waals surface area contributed by atoms with Gasteiger partial charge in [0.1, 0.15) is 5.82 Å². The average molecular weight is 284 g/mol. The quantitative estimate of drug-likeness (QED) is 0.921. The largest absolute Gasteiger partial charge is 0.384 e. The summed E-state index contributed by atoms with van der Waals surface area (Å²) in [5.74, 6) is -0.191. The van der Waals surface area contributed by atoms with Gasteiger partial charge in [0.15, 0.2) is 0 Å². The zero-order valence-corrected chi connectivity index (χ0v) is 12.2. The van der Waals surface area contributed by atoms with E-state index in [-0.39, 0.29) is 5.82 Å². The van der Waals surface area contributed by atoms with Crippen molar-refractivity contribution in [2.45, 2.75) is 19.4 Å². The highest BCUT2D eigenvalue weighted by molar-refractivity contribution is 5.42. The lowest BCUT2D eigenvalue weighted by Gasteiger charge is -2.21. The van der Waals surface area contributed by atoms with Crippen LogP contribution in [0.25, 0.3) is 0 Å². The molecule has 2 nitrogen and oxygen atoms in total. The highest BCUT2D eigenvalue weighted by Crippen LogP contribution is 2.18. The zero-order valence-electron chi connectivity index (χ0n) is 12.2. The predicted octanol–water partition coefficient (Wildman–Crippen LogP) is 3.69. The van der Waals surface area contributed by atoms with E-state index in [0.717, 1.165) is 31.9 Å². The third kappa shape index (κ3) is 3.82. The molecule has 0 atom stereocenters. The summed E-state index contributed by atoms with van der Waals surface area (Å²) in [7, 11) is 0. The van der Waals surface area contributed by atoms with Crippen LogP contribution in [0, 0.1) is 5.82 Å². The molecule has 1 aliphatic rings. The molecule has 0 aliphatic carbocycles. The van der Waals surface area contributed by atoms with Crippen molar-refractivity contribution in [2.24, 2.45) is 0 Å². The molecular weight excluding hydrogens is 263 g/mol. The van der Waals surface area contributed by atoms with Gasteiger partial charge in [0.25, 0.3) is 0 Å². The molecule has 1 aliphatic heterocycles. The number of nitrogens with one attached hydrogen (secondary N) is 1. The first-order valence-corrected chi connectivity index (χ1v) is 7.60. The van der Waals surface area contributed by atoms with E-state index in [0.29, 0.717) is 0 Å². The van der Waals surface area contributed by atoms with Crippen LogP contribution < -0.4 is 5.32 Å². The molecule has 0 saturated carbocycles. The van der Waals surface area contributed by atoms with Gasteiger partial charge in [0.05, 0.1) is 0 Å². The Labute approximate surface area is 125 Å². The highest BCUT2D eigenvalue weighted by atomic mass is 19.1. The van der Waals surface area contributed by atoms with Crippen LogP contribution in [0.4, 0.5) is 10.1 Å². The number of rotatable bonds is 4. The van der Waals surface area contributed by atoms with Crippen molar-refractivity contribution < 1.29 is 4.39 Å². The zero-order chi connectivity index (χ0) is 14.5. The summed E-state index contributed by atoms with van der Waals surface area (Å²) in [6.45, 7) is 3.96. The Hall–Kier alpha value is -1.87. The van der Waals surface area contributed by atoms with Gasteiger partial charge in [-0.25, -0.2) is 4.39 Å². The number of nitrogens with zero attached hydrogens (tertiary/aromatic N) is 1. The maximum atomic E-state index is 13.1. The average Bonchev–Trinajstić information content (AvgIpc) is 2.69. The topological polar surface area (TPSA) is 15.3 Å². The minimum absolute atomic E-state index is 0.191. The van der Waals surface area contributed by atoms with Crippen LogP contribution >= 0.6 is 0 Å². The minimum atomic E-state index is -0.191. The molecule has 0 radical (unpaired) electrons. The minimum Gasteiger partial charge on any atom is -0.384 e. The van der Waals surface area contributed by atoms with Gasteiger partial charge in [-0.05, 0) is 48.7 Å². The first-order valence-electron chi connectivity index (χ1n) is 7.60. The van der Waals surface area contributed by atoms with Crippen LogP contribution in [0.1, 0.15) is 17.5 Å². The van der Waals surface area contributed by atoms with E-state index in [1.165, 1.54) is 36.1 Å². The number of benzene rings is 2. The molecule has 0 saturated heterocycles. The fourth-order valence-electron chi connectivity index (χ4n) is 2.92. The van der Waals surface area contributed by atoms with Gasteiger partial charge in [-0.3, -0.25) is 4.90 Å². The lowest BCUT2D eigenvalue weighted by Crippen LogP contribution is -2.28. The molecule has 0 fully saturated rings. The second-order valence-electron chi connectivity index (χ2n) is 5.59. The van der Waals surface area contributed by atoms with E-state index in [1.807, 2.05) is 6.07 Å². The van der Waals surface area contributed by atoms with Gasteiger partial charge in [-0.2, -0.15) is 0 Å². The van der Waals surface area contributed by atoms with Gasteiger partial charge >= 0.3 is 0 Å². The summed E-state index contributed by atoms with van der Waals surface area (Å²) in [5, 5.41) is 3.30. The van der Waals surface area contributed by atoms with Gasteiger partial charge < -0.3 is 5.32 Å². The Balaban J connectivity index is 1.54. The summed E-state index contributed by atoms with van der Waals surface area (Å²) in [6.07, 6.45) is 2.38. The Bertz CT molecular complexity index is 597. The third-order valence-electron chi connectivity index (χ3n) is 4.01. The van der Waals surface area contributed by atoms with Crippen molar-refractivity contribution in [2.75, 3.05) is 25.0 Å². The molecule has 2 aromatic carbocycles. The third-order valence-corrected chi connectivity index (χ3v) is 4.01. The molecule has 0 spiro atoms. The second kappa shape index (κ2) is 6.72. The van der Waals surface area contributed by atoms with Crippen molar-refractivity contribution >= 4 is 5.69 Å². The smallest absolute Gasteiger partial charge is 0.125 e. The molecule has 110 valence electrons. The summed E-state index contributed by atoms with van der Waals surface area (Å²) in [6, 6.07) is 15.4. The van der Waals surface area contributed by atoms with Crippen molar-refractivity contribution in [3.8, 4) is 0 Å². The van der Waals surface area contributed by atoms with Crippen molar-refractivity contribution in [3.63, 3.8) is 0 Å². The number of aryl methyl sites for hydroxylation is 1. The molecule has 0 bridgehead atoms. The van der Waals surface area contributed by atoms with E-state index < -0.39 is 0 Å². The molecule has 3 heteroatoms. The lowest BCUT2D eigenvalue weighted by atomic mass is 10.0.